The maximum absolute atomic E-state index is 5.98. The molecule has 0 spiro atoms. The number of halogens is 2. The Balaban J connectivity index is 2.77. The molecular formula is C10H11Cl2O. The van der Waals surface area contributed by atoms with Crippen molar-refractivity contribution in [3.8, 4) is 0 Å². The predicted octanol–water partition coefficient (Wildman–Crippen LogP) is 3.73. The molecule has 0 amide bonds. The summed E-state index contributed by atoms with van der Waals surface area (Å²) in [5, 5.41) is 1.34. The lowest BCUT2D eigenvalue weighted by Crippen LogP contribution is -1.99. The summed E-state index contributed by atoms with van der Waals surface area (Å²) in [7, 11) is 1.65. The van der Waals surface area contributed by atoms with Crippen LogP contribution >= 0.6 is 23.2 Å². The van der Waals surface area contributed by atoms with Gasteiger partial charge in [0.1, 0.15) is 0 Å². The van der Waals surface area contributed by atoms with Gasteiger partial charge in [0.15, 0.2) is 0 Å². The maximum Gasteiger partial charge on any atom is 0.0980 e. The Bertz CT molecular complexity index is 286. The number of benzene rings is 1. The zero-order chi connectivity index (χ0) is 9.84. The average Bonchev–Trinajstić information content (AvgIpc) is 2.09. The molecule has 0 aromatic heterocycles. The molecule has 0 fully saturated rings. The normalized spacial score (nSPS) is 10.8. The SMILES string of the molecule is CO[C](C)Cc1ccc(Cl)cc1Cl. The Morgan fingerprint density at radius 3 is 2.62 bits per heavy atom. The second kappa shape index (κ2) is 4.85. The van der Waals surface area contributed by atoms with Gasteiger partial charge in [0.2, 0.25) is 0 Å². The Kier molecular flexibility index (Phi) is 4.04. The third kappa shape index (κ3) is 3.18. The molecule has 0 unspecified atom stereocenters. The van der Waals surface area contributed by atoms with Crippen LogP contribution in [0.1, 0.15) is 12.5 Å². The molecule has 1 radical (unpaired) electrons. The third-order valence-electron chi connectivity index (χ3n) is 1.80. The first kappa shape index (κ1) is 10.8. The predicted molar refractivity (Wildman–Crippen MR) is 56.1 cm³/mol. The van der Waals surface area contributed by atoms with E-state index < -0.39 is 0 Å². The molecule has 0 heterocycles. The molecule has 0 saturated carbocycles. The first-order valence-electron chi connectivity index (χ1n) is 3.94. The first-order chi connectivity index (χ1) is 6.13. The van der Waals surface area contributed by atoms with Gasteiger partial charge in [0.25, 0.3) is 0 Å². The largest absolute Gasteiger partial charge is 0.375 e. The van der Waals surface area contributed by atoms with E-state index >= 15 is 0 Å². The summed E-state index contributed by atoms with van der Waals surface area (Å²) in [6, 6.07) is 5.47. The van der Waals surface area contributed by atoms with Crippen LogP contribution in [0.5, 0.6) is 0 Å². The van der Waals surface area contributed by atoms with Crippen molar-refractivity contribution in [3.63, 3.8) is 0 Å². The summed E-state index contributed by atoms with van der Waals surface area (Å²) in [6.45, 7) is 1.92. The number of ether oxygens (including phenoxy) is 1. The molecule has 0 aliphatic carbocycles. The summed E-state index contributed by atoms with van der Waals surface area (Å²) in [5.41, 5.74) is 1.03. The van der Waals surface area contributed by atoms with E-state index in [1.54, 1.807) is 13.2 Å². The van der Waals surface area contributed by atoms with Gasteiger partial charge in [-0.1, -0.05) is 29.3 Å². The van der Waals surface area contributed by atoms with Gasteiger partial charge in [-0.2, -0.15) is 0 Å². The van der Waals surface area contributed by atoms with Crippen LogP contribution in [0.4, 0.5) is 0 Å². The van der Waals surface area contributed by atoms with Gasteiger partial charge < -0.3 is 4.74 Å². The van der Waals surface area contributed by atoms with Crippen LogP contribution in [0.25, 0.3) is 0 Å². The van der Waals surface area contributed by atoms with Crippen molar-refractivity contribution in [1.82, 2.24) is 0 Å². The van der Waals surface area contributed by atoms with Crippen LogP contribution in [0.2, 0.25) is 10.0 Å². The molecule has 0 saturated heterocycles. The third-order valence-corrected chi connectivity index (χ3v) is 2.39. The number of rotatable bonds is 3. The van der Waals surface area contributed by atoms with E-state index in [0.717, 1.165) is 18.1 Å². The molecule has 1 nitrogen and oxygen atoms in total. The topological polar surface area (TPSA) is 9.23 Å². The summed E-state index contributed by atoms with van der Waals surface area (Å²) in [5.74, 6) is 0. The highest BCUT2D eigenvalue weighted by atomic mass is 35.5. The monoisotopic (exact) mass is 217 g/mol. The van der Waals surface area contributed by atoms with Crippen molar-refractivity contribution < 1.29 is 4.74 Å². The van der Waals surface area contributed by atoms with Crippen LogP contribution in [0, 0.1) is 6.10 Å². The van der Waals surface area contributed by atoms with Crippen molar-refractivity contribution >= 4 is 23.2 Å². The number of methoxy groups -OCH3 is 1. The van der Waals surface area contributed by atoms with E-state index in [-0.39, 0.29) is 0 Å². The fourth-order valence-electron chi connectivity index (χ4n) is 1.01. The second-order valence-corrected chi connectivity index (χ2v) is 3.66. The summed E-state index contributed by atoms with van der Waals surface area (Å²) in [6.07, 6.45) is 1.66. The quantitative estimate of drug-likeness (QED) is 0.750. The van der Waals surface area contributed by atoms with Gasteiger partial charge in [-0.15, -0.1) is 0 Å². The van der Waals surface area contributed by atoms with Gasteiger partial charge in [-0.05, 0) is 24.6 Å². The smallest absolute Gasteiger partial charge is 0.0980 e. The van der Waals surface area contributed by atoms with Gasteiger partial charge >= 0.3 is 0 Å². The Morgan fingerprint density at radius 1 is 1.38 bits per heavy atom. The molecule has 0 bridgehead atoms. The molecule has 1 aromatic rings. The van der Waals surface area contributed by atoms with Crippen LogP contribution in [0.15, 0.2) is 18.2 Å². The number of hydrogen-bond donors (Lipinski definition) is 0. The van der Waals surface area contributed by atoms with Crippen molar-refractivity contribution in [3.05, 3.63) is 39.9 Å². The van der Waals surface area contributed by atoms with Gasteiger partial charge in [-0.3, -0.25) is 0 Å². The molecule has 0 aliphatic rings. The highest BCUT2D eigenvalue weighted by molar-refractivity contribution is 6.35. The van der Waals surface area contributed by atoms with Crippen molar-refractivity contribution in [1.29, 1.82) is 0 Å². The van der Waals surface area contributed by atoms with Gasteiger partial charge in [0, 0.05) is 23.6 Å². The minimum atomic E-state index is 0.656. The molecule has 1 rings (SSSR count). The van der Waals surface area contributed by atoms with E-state index in [2.05, 4.69) is 0 Å². The van der Waals surface area contributed by atoms with Crippen LogP contribution in [-0.4, -0.2) is 7.11 Å². The van der Waals surface area contributed by atoms with Crippen molar-refractivity contribution in [2.24, 2.45) is 0 Å². The van der Waals surface area contributed by atoms with E-state index in [4.69, 9.17) is 27.9 Å². The summed E-state index contributed by atoms with van der Waals surface area (Å²) >= 11 is 11.7. The lowest BCUT2D eigenvalue weighted by Gasteiger charge is -2.09. The Hall–Kier alpha value is -0.240. The van der Waals surface area contributed by atoms with Crippen LogP contribution in [-0.2, 0) is 11.2 Å². The van der Waals surface area contributed by atoms with Gasteiger partial charge in [0.05, 0.1) is 6.10 Å². The minimum Gasteiger partial charge on any atom is -0.375 e. The highest BCUT2D eigenvalue weighted by Crippen LogP contribution is 2.23. The van der Waals surface area contributed by atoms with Crippen molar-refractivity contribution in [2.45, 2.75) is 13.3 Å². The lowest BCUT2D eigenvalue weighted by molar-refractivity contribution is 0.211. The highest BCUT2D eigenvalue weighted by Gasteiger charge is 2.06. The Labute approximate surface area is 88.6 Å². The standard InChI is InChI=1S/C10H11Cl2O/c1-7(13-2)5-8-3-4-9(11)6-10(8)12/h3-4,6H,5H2,1-2H3. The van der Waals surface area contributed by atoms with E-state index in [1.165, 1.54) is 0 Å². The molecule has 71 valence electrons. The molecule has 3 heteroatoms. The van der Waals surface area contributed by atoms with Gasteiger partial charge in [-0.25, -0.2) is 0 Å². The molecule has 0 atom stereocenters. The number of hydrogen-bond acceptors (Lipinski definition) is 1. The second-order valence-electron chi connectivity index (χ2n) is 2.82. The maximum atomic E-state index is 5.98. The molecule has 1 aromatic carbocycles. The molecule has 0 N–H and O–H groups in total. The zero-order valence-corrected chi connectivity index (χ0v) is 9.12. The first-order valence-corrected chi connectivity index (χ1v) is 4.69. The average molecular weight is 218 g/mol. The zero-order valence-electron chi connectivity index (χ0n) is 7.60. The van der Waals surface area contributed by atoms with Crippen molar-refractivity contribution in [2.75, 3.05) is 7.11 Å². The van der Waals surface area contributed by atoms with Crippen LogP contribution in [0.3, 0.4) is 0 Å². The Morgan fingerprint density at radius 2 is 2.08 bits per heavy atom. The fraction of sp³-hybridized carbons (Fsp3) is 0.300. The van der Waals surface area contributed by atoms with E-state index in [0.29, 0.717) is 10.0 Å². The minimum absolute atomic E-state index is 0.656. The van der Waals surface area contributed by atoms with E-state index in [1.807, 2.05) is 19.1 Å². The molecule has 13 heavy (non-hydrogen) atoms. The molecular weight excluding hydrogens is 207 g/mol. The lowest BCUT2D eigenvalue weighted by atomic mass is 10.1. The summed E-state index contributed by atoms with van der Waals surface area (Å²) in [4.78, 5) is 0. The molecule has 0 aliphatic heterocycles. The summed E-state index contributed by atoms with van der Waals surface area (Å²) < 4.78 is 5.06. The fourth-order valence-corrected chi connectivity index (χ4v) is 1.48. The van der Waals surface area contributed by atoms with E-state index in [9.17, 15) is 0 Å². The van der Waals surface area contributed by atoms with Crippen LogP contribution < -0.4 is 0 Å².